The van der Waals surface area contributed by atoms with E-state index in [0.717, 1.165) is 139 Å². The van der Waals surface area contributed by atoms with Gasteiger partial charge < -0.3 is 0 Å². The van der Waals surface area contributed by atoms with E-state index in [1.807, 2.05) is 48.5 Å². The molecule has 0 aliphatic heterocycles. The molecule has 0 fully saturated rings. The summed E-state index contributed by atoms with van der Waals surface area (Å²) in [5, 5.41) is 0. The average molecular weight is 1140 g/mol. The van der Waals surface area contributed by atoms with Crippen LogP contribution in [0.15, 0.2) is 58.3 Å². The molecule has 0 amide bonds. The molecule has 2 aromatic carbocycles. The van der Waals surface area contributed by atoms with Crippen molar-refractivity contribution in [2.45, 2.75) is 322 Å². The molecular formula is C70H128O5P2S. The second kappa shape index (κ2) is 44.0. The van der Waals surface area contributed by atoms with Crippen LogP contribution in [-0.2, 0) is 19.8 Å². The van der Waals surface area contributed by atoms with Gasteiger partial charge >= 0.3 is 438 Å². The fourth-order valence-corrected chi connectivity index (χ4v) is 27.0. The molecule has 0 spiro atoms. The normalized spacial score (nSPS) is 13.4. The van der Waals surface area contributed by atoms with Crippen LogP contribution in [0.2, 0.25) is 0 Å². The van der Waals surface area contributed by atoms with Crippen LogP contribution in [0.5, 0.6) is 0 Å². The van der Waals surface area contributed by atoms with Crippen LogP contribution in [0.3, 0.4) is 0 Å². The summed E-state index contributed by atoms with van der Waals surface area (Å²) in [6.45, 7) is 12.5. The predicted molar refractivity (Wildman–Crippen MR) is 351 cm³/mol. The summed E-state index contributed by atoms with van der Waals surface area (Å²) < 4.78 is 28.6. The fraction of sp³-hybridized carbons (Fsp3) is 0.800. The van der Waals surface area contributed by atoms with Crippen molar-refractivity contribution in [1.29, 1.82) is 0 Å². The number of rotatable bonds is 54. The first-order valence-corrected chi connectivity index (χ1v) is 41.0. The molecule has 0 aliphatic rings. The van der Waals surface area contributed by atoms with Crippen molar-refractivity contribution in [2.75, 3.05) is 49.3 Å². The van der Waals surface area contributed by atoms with E-state index in [9.17, 15) is 13.8 Å². The third kappa shape index (κ3) is 28.6. The van der Waals surface area contributed by atoms with Crippen LogP contribution in [0.4, 0.5) is 0 Å². The third-order valence-electron chi connectivity index (χ3n) is 17.9. The molecule has 0 heterocycles. The zero-order chi connectivity index (χ0) is 56.9. The quantitative estimate of drug-likeness (QED) is 0.0488. The molecule has 0 radical (unpaired) electrons. The number of benzene rings is 2. The van der Waals surface area contributed by atoms with Crippen molar-refractivity contribution in [3.63, 3.8) is 0 Å². The fourth-order valence-electron chi connectivity index (χ4n) is 12.6. The van der Waals surface area contributed by atoms with Gasteiger partial charge in [-0.25, -0.2) is 0 Å². The number of carbonyl (C=O) groups excluding carboxylic acids is 2. The molecule has 0 atom stereocenters. The van der Waals surface area contributed by atoms with Crippen LogP contribution in [0, 0.1) is 0 Å². The Morgan fingerprint density at radius 1 is 0.282 bits per heavy atom. The molecule has 0 aromatic heterocycles. The van der Waals surface area contributed by atoms with Gasteiger partial charge in [0.05, 0.1) is 0 Å². The Morgan fingerprint density at radius 2 is 0.462 bits per heavy atom. The molecule has 0 saturated heterocycles. The Hall–Kier alpha value is -1.61. The summed E-state index contributed by atoms with van der Waals surface area (Å²) in [5.41, 5.74) is 1.11. The first-order chi connectivity index (χ1) is 38.0. The van der Waals surface area contributed by atoms with Crippen molar-refractivity contribution in [1.82, 2.24) is 0 Å². The molecule has 0 saturated carbocycles. The van der Waals surface area contributed by atoms with Crippen molar-refractivity contribution < 1.29 is 22.8 Å². The van der Waals surface area contributed by atoms with E-state index in [-0.39, 0.29) is 11.9 Å². The van der Waals surface area contributed by atoms with Gasteiger partial charge in [-0.1, -0.05) is 52.4 Å². The molecule has 5 nitrogen and oxygen atoms in total. The van der Waals surface area contributed by atoms with E-state index in [1.165, 1.54) is 167 Å². The van der Waals surface area contributed by atoms with Crippen LogP contribution < -0.4 is 0 Å². The van der Waals surface area contributed by atoms with Crippen molar-refractivity contribution in [3.8, 4) is 0 Å². The van der Waals surface area contributed by atoms with Crippen molar-refractivity contribution in [3.05, 3.63) is 59.7 Å². The number of hydrogen-bond donors (Lipinski definition) is 0. The molecule has 2 aromatic rings. The second-order valence-corrected chi connectivity index (χ2v) is 37.7. The van der Waals surface area contributed by atoms with Crippen molar-refractivity contribution in [2.24, 2.45) is 0 Å². The Kier molecular flexibility index (Phi) is 40.9. The zero-order valence-corrected chi connectivity index (χ0v) is 55.5. The summed E-state index contributed by atoms with van der Waals surface area (Å²) in [6, 6.07) is 14.7. The van der Waals surface area contributed by atoms with Crippen LogP contribution in [0.1, 0.15) is 333 Å². The standard InChI is InChI=1S/C70H128O5P2S/c1-9-17-25-27-29-31-33-35-37-39-41-43-45-47-63-76(57-19-11-3,58-20-12-4,59-21-13-5)74-69(71)65-49-53-67(54-50-65)78(73)68-55-51-66(52-56-68)70(72)75-77(60-22-14-6,61-23-15-7,62-24-16-8)64-48-46-44-42-40-38-36-34-32-30-28-26-18-10-2/h49-56H,9-48,57-64H2,1-8H3. The van der Waals surface area contributed by atoms with E-state index >= 15 is 0 Å². The van der Waals surface area contributed by atoms with Crippen LogP contribution >= 0.6 is 13.7 Å². The number of carbonyl (C=O) groups is 2. The van der Waals surface area contributed by atoms with E-state index in [2.05, 4.69) is 55.4 Å². The van der Waals surface area contributed by atoms with Crippen LogP contribution in [-0.4, -0.2) is 65.4 Å². The van der Waals surface area contributed by atoms with Gasteiger partial charge in [0.25, 0.3) is 0 Å². The van der Waals surface area contributed by atoms with Gasteiger partial charge in [0.15, 0.2) is 0 Å². The average Bonchev–Trinajstić information content (AvgIpc) is 3.50. The summed E-state index contributed by atoms with van der Waals surface area (Å²) >= 11 is 0. The Balaban J connectivity index is 2.19. The Bertz CT molecular complexity index is 1630. The van der Waals surface area contributed by atoms with Gasteiger partial charge in [0.2, 0.25) is 0 Å². The summed E-state index contributed by atoms with van der Waals surface area (Å²) in [5.74, 6) is -0.389. The SMILES string of the molecule is CCCCCCCCCCCCCCCCP(CCCC)(CCCC)(CCCC)OC(=O)c1ccc(S(=O)c2ccc(C(=O)OP(CCCC)(CCCC)(CCCC)CCCCCCCCCCCCCCCC)cc2)cc1. The minimum absolute atomic E-state index is 0.195. The maximum atomic E-state index is 14.5. The Morgan fingerprint density at radius 3 is 0.667 bits per heavy atom. The molecule has 0 aliphatic carbocycles. The van der Waals surface area contributed by atoms with Gasteiger partial charge in [0.1, 0.15) is 0 Å². The zero-order valence-electron chi connectivity index (χ0n) is 52.9. The molecule has 0 bridgehead atoms. The van der Waals surface area contributed by atoms with E-state index < -0.39 is 24.5 Å². The third-order valence-corrected chi connectivity index (χ3v) is 32.3. The van der Waals surface area contributed by atoms with Gasteiger partial charge in [-0.05, 0) is 0 Å². The molecule has 0 N–H and O–H groups in total. The molecule has 2 rings (SSSR count). The molecular weight excluding hydrogens is 1010 g/mol. The molecule has 0 unspecified atom stereocenters. The van der Waals surface area contributed by atoms with Gasteiger partial charge in [-0.3, -0.25) is 0 Å². The topological polar surface area (TPSA) is 69.7 Å². The van der Waals surface area contributed by atoms with Gasteiger partial charge in [-0.15, -0.1) is 0 Å². The summed E-state index contributed by atoms with van der Waals surface area (Å²) in [4.78, 5) is 30.3. The van der Waals surface area contributed by atoms with E-state index in [0.29, 0.717) is 20.9 Å². The minimum atomic E-state index is -2.88. The molecule has 454 valence electrons. The van der Waals surface area contributed by atoms with Crippen molar-refractivity contribution >= 4 is 36.4 Å². The predicted octanol–water partition coefficient (Wildman–Crippen LogP) is 23.9. The monoisotopic (exact) mass is 1140 g/mol. The summed E-state index contributed by atoms with van der Waals surface area (Å²) in [6.07, 6.45) is 59.2. The number of hydrogen-bond acceptors (Lipinski definition) is 5. The molecule has 8 heteroatoms. The molecule has 78 heavy (non-hydrogen) atoms. The van der Waals surface area contributed by atoms with Gasteiger partial charge in [-0.2, -0.15) is 0 Å². The number of unbranched alkanes of at least 4 members (excludes halogenated alkanes) is 32. The van der Waals surface area contributed by atoms with Crippen LogP contribution in [0.25, 0.3) is 0 Å². The summed E-state index contributed by atoms with van der Waals surface area (Å²) in [7, 11) is -1.48. The second-order valence-electron chi connectivity index (χ2n) is 24.9. The first-order valence-electron chi connectivity index (χ1n) is 34.1. The Labute approximate surface area is 487 Å². The maximum absolute atomic E-state index is 14.5. The van der Waals surface area contributed by atoms with E-state index in [1.54, 1.807) is 0 Å². The first kappa shape index (κ1) is 72.5. The van der Waals surface area contributed by atoms with E-state index in [4.69, 9.17) is 9.05 Å². The van der Waals surface area contributed by atoms with Gasteiger partial charge in [0, 0.05) is 0 Å².